The van der Waals surface area contributed by atoms with Gasteiger partial charge in [0, 0.05) is 14.1 Å². The van der Waals surface area contributed by atoms with E-state index in [4.69, 9.17) is 0 Å². The number of aromatic nitrogens is 4. The number of benzene rings is 1. The van der Waals surface area contributed by atoms with E-state index in [9.17, 15) is 14.4 Å². The molecule has 0 spiro atoms. The van der Waals surface area contributed by atoms with E-state index in [-0.39, 0.29) is 17.7 Å². The third kappa shape index (κ3) is 3.18. The van der Waals surface area contributed by atoms with Crippen molar-refractivity contribution in [2.45, 2.75) is 13.5 Å². The van der Waals surface area contributed by atoms with Crippen molar-refractivity contribution in [1.82, 2.24) is 24.1 Å². The summed E-state index contributed by atoms with van der Waals surface area (Å²) in [5, 5.41) is 3.92. The molecule has 9 nitrogen and oxygen atoms in total. The fourth-order valence-corrected chi connectivity index (χ4v) is 2.64. The van der Waals surface area contributed by atoms with Crippen molar-refractivity contribution < 1.29 is 4.79 Å². The highest BCUT2D eigenvalue weighted by Crippen LogP contribution is 2.05. The van der Waals surface area contributed by atoms with Gasteiger partial charge in [-0.3, -0.25) is 18.7 Å². The van der Waals surface area contributed by atoms with Gasteiger partial charge in [-0.1, -0.05) is 29.8 Å². The van der Waals surface area contributed by atoms with Crippen LogP contribution in [0.2, 0.25) is 0 Å². The second kappa shape index (κ2) is 6.79. The van der Waals surface area contributed by atoms with Crippen LogP contribution in [-0.4, -0.2) is 30.8 Å². The van der Waals surface area contributed by atoms with Crippen molar-refractivity contribution in [3.05, 3.63) is 62.6 Å². The molecular weight excluding hydrogens is 336 g/mol. The average Bonchev–Trinajstić information content (AvgIpc) is 3.02. The van der Waals surface area contributed by atoms with Crippen LogP contribution in [0.15, 0.2) is 45.3 Å². The molecule has 0 fully saturated rings. The number of rotatable bonds is 4. The Morgan fingerprint density at radius 3 is 2.77 bits per heavy atom. The molecule has 1 aromatic carbocycles. The summed E-state index contributed by atoms with van der Waals surface area (Å²) < 4.78 is 3.64. The van der Waals surface area contributed by atoms with Crippen LogP contribution in [0.4, 0.5) is 0 Å². The van der Waals surface area contributed by atoms with E-state index in [0.29, 0.717) is 0 Å². The molecule has 0 bridgehead atoms. The summed E-state index contributed by atoms with van der Waals surface area (Å²) in [5.41, 5.74) is 3.81. The fourth-order valence-electron chi connectivity index (χ4n) is 2.64. The molecule has 0 radical (unpaired) electrons. The molecule has 26 heavy (non-hydrogen) atoms. The highest BCUT2D eigenvalue weighted by molar-refractivity contribution is 5.83. The van der Waals surface area contributed by atoms with Gasteiger partial charge in [0.05, 0.1) is 12.5 Å². The Kier molecular flexibility index (Phi) is 4.53. The summed E-state index contributed by atoms with van der Waals surface area (Å²) >= 11 is 0. The molecule has 1 N–H and O–H groups in total. The largest absolute Gasteiger partial charge is 0.332 e. The molecule has 0 unspecified atom stereocenters. The van der Waals surface area contributed by atoms with Gasteiger partial charge in [-0.05, 0) is 12.5 Å². The minimum Gasteiger partial charge on any atom is -0.315 e. The van der Waals surface area contributed by atoms with Gasteiger partial charge < -0.3 is 4.57 Å². The maximum atomic E-state index is 12.3. The highest BCUT2D eigenvalue weighted by atomic mass is 16.2. The van der Waals surface area contributed by atoms with Gasteiger partial charge in [-0.2, -0.15) is 5.10 Å². The lowest BCUT2D eigenvalue weighted by molar-refractivity contribution is -0.121. The van der Waals surface area contributed by atoms with Gasteiger partial charge in [0.25, 0.3) is 11.5 Å². The first kappa shape index (κ1) is 17.3. The molecule has 9 heteroatoms. The molecule has 0 saturated heterocycles. The highest BCUT2D eigenvalue weighted by Gasteiger charge is 2.15. The van der Waals surface area contributed by atoms with E-state index in [0.717, 1.165) is 15.7 Å². The van der Waals surface area contributed by atoms with E-state index in [1.54, 1.807) is 6.21 Å². The summed E-state index contributed by atoms with van der Waals surface area (Å²) in [6.45, 7) is 1.82. The van der Waals surface area contributed by atoms with Crippen molar-refractivity contribution in [2.75, 3.05) is 0 Å². The molecule has 0 aliphatic carbocycles. The zero-order valence-electron chi connectivity index (χ0n) is 14.6. The number of amides is 1. The number of hydrazone groups is 1. The van der Waals surface area contributed by atoms with Gasteiger partial charge >= 0.3 is 5.69 Å². The monoisotopic (exact) mass is 354 g/mol. The smallest absolute Gasteiger partial charge is 0.315 e. The van der Waals surface area contributed by atoms with E-state index in [1.165, 1.54) is 29.6 Å². The molecule has 0 aliphatic rings. The number of hydrogen-bond acceptors (Lipinski definition) is 5. The van der Waals surface area contributed by atoms with E-state index in [2.05, 4.69) is 15.5 Å². The Bertz CT molecular complexity index is 1140. The molecule has 3 aromatic rings. The first-order chi connectivity index (χ1) is 12.4. The number of nitrogens with zero attached hydrogens (tertiary/aromatic N) is 5. The molecule has 3 rings (SSSR count). The zero-order valence-corrected chi connectivity index (χ0v) is 14.6. The summed E-state index contributed by atoms with van der Waals surface area (Å²) in [4.78, 5) is 40.4. The molecule has 2 heterocycles. The third-order valence-corrected chi connectivity index (χ3v) is 3.98. The lowest BCUT2D eigenvalue weighted by Crippen LogP contribution is -2.38. The first-order valence-corrected chi connectivity index (χ1v) is 7.88. The number of fused-ring (bicyclic) bond motifs is 1. The molecule has 0 saturated carbocycles. The number of hydrogen-bond donors (Lipinski definition) is 1. The van der Waals surface area contributed by atoms with Crippen LogP contribution < -0.4 is 16.7 Å². The van der Waals surface area contributed by atoms with Crippen LogP contribution in [0.5, 0.6) is 0 Å². The average molecular weight is 354 g/mol. The fraction of sp³-hybridized carbons (Fsp3) is 0.235. The molecule has 0 aliphatic heterocycles. The maximum Gasteiger partial charge on any atom is 0.332 e. The molecule has 134 valence electrons. The lowest BCUT2D eigenvalue weighted by atomic mass is 10.2. The van der Waals surface area contributed by atoms with E-state index >= 15 is 0 Å². The van der Waals surface area contributed by atoms with Gasteiger partial charge in [0.1, 0.15) is 6.54 Å². The summed E-state index contributed by atoms with van der Waals surface area (Å²) in [6, 6.07) is 7.67. The summed E-state index contributed by atoms with van der Waals surface area (Å²) in [5.74, 6) is -0.413. The Morgan fingerprint density at radius 1 is 1.27 bits per heavy atom. The minimum absolute atomic E-state index is 0.144. The van der Waals surface area contributed by atoms with E-state index < -0.39 is 17.2 Å². The van der Waals surface area contributed by atoms with Crippen LogP contribution in [-0.2, 0) is 25.4 Å². The van der Waals surface area contributed by atoms with Crippen LogP contribution in [0.3, 0.4) is 0 Å². The predicted octanol–water partition coefficient (Wildman–Crippen LogP) is -0.108. The number of imidazole rings is 1. The molecule has 2 aromatic heterocycles. The second-order valence-electron chi connectivity index (χ2n) is 5.96. The van der Waals surface area contributed by atoms with Crippen molar-refractivity contribution in [3.63, 3.8) is 0 Å². The Hall–Kier alpha value is -3.49. The van der Waals surface area contributed by atoms with Crippen molar-refractivity contribution in [1.29, 1.82) is 0 Å². The van der Waals surface area contributed by atoms with Gasteiger partial charge in [-0.25, -0.2) is 15.2 Å². The lowest BCUT2D eigenvalue weighted by Gasteiger charge is -2.06. The second-order valence-corrected chi connectivity index (χ2v) is 5.96. The minimum atomic E-state index is -0.503. The Morgan fingerprint density at radius 2 is 2.04 bits per heavy atom. The van der Waals surface area contributed by atoms with Crippen molar-refractivity contribution >= 4 is 23.3 Å². The van der Waals surface area contributed by atoms with Crippen LogP contribution in [0.1, 0.15) is 11.1 Å². The summed E-state index contributed by atoms with van der Waals surface area (Å²) in [6.07, 6.45) is 2.90. The van der Waals surface area contributed by atoms with Gasteiger partial charge in [0.2, 0.25) is 0 Å². The van der Waals surface area contributed by atoms with Crippen molar-refractivity contribution in [2.24, 2.45) is 19.2 Å². The number of carbonyl (C=O) groups is 1. The van der Waals surface area contributed by atoms with Crippen LogP contribution in [0.25, 0.3) is 11.2 Å². The van der Waals surface area contributed by atoms with Crippen LogP contribution in [0, 0.1) is 6.92 Å². The third-order valence-electron chi connectivity index (χ3n) is 3.98. The van der Waals surface area contributed by atoms with Crippen LogP contribution >= 0.6 is 0 Å². The zero-order chi connectivity index (χ0) is 18.8. The molecule has 1 amide bonds. The predicted molar refractivity (Wildman–Crippen MR) is 97.1 cm³/mol. The summed E-state index contributed by atoms with van der Waals surface area (Å²) in [7, 11) is 2.90. The standard InChI is InChI=1S/C17H18N6O3/c1-11-5-4-6-12(7-11)8-19-20-13(24)9-23-10-18-15-14(23)16(25)22(3)17(26)21(15)2/h4-8,10H,9H2,1-3H3,(H,20,24)/b19-8-. The SMILES string of the molecule is Cc1cccc(/C=N\NC(=O)Cn2cnc3c2c(=O)n(C)c(=O)n3C)c1. The number of nitrogens with one attached hydrogen (secondary N) is 1. The Balaban J connectivity index is 1.80. The van der Waals surface area contributed by atoms with Gasteiger partial charge in [0.15, 0.2) is 11.2 Å². The number of aryl methyl sites for hydroxylation is 2. The van der Waals surface area contributed by atoms with Crippen molar-refractivity contribution in [3.8, 4) is 0 Å². The Labute approximate surface area is 148 Å². The molecular formula is C17H18N6O3. The topological polar surface area (TPSA) is 103 Å². The van der Waals surface area contributed by atoms with Gasteiger partial charge in [-0.15, -0.1) is 0 Å². The quantitative estimate of drug-likeness (QED) is 0.522. The molecule has 0 atom stereocenters. The maximum absolute atomic E-state index is 12.3. The number of carbonyl (C=O) groups excluding carboxylic acids is 1. The normalized spacial score (nSPS) is 11.3. The van der Waals surface area contributed by atoms with E-state index in [1.807, 2.05) is 31.2 Å². The first-order valence-electron chi connectivity index (χ1n) is 7.88.